The maximum absolute atomic E-state index is 10.9. The number of carboxylic acid groups (broad SMARTS) is 1. The molecule has 1 aliphatic heterocycles. The lowest BCUT2D eigenvalue weighted by molar-refractivity contribution is -0.142. The van der Waals surface area contributed by atoms with Crippen molar-refractivity contribution in [1.82, 2.24) is 4.90 Å². The van der Waals surface area contributed by atoms with E-state index in [-0.39, 0.29) is 17.9 Å². The van der Waals surface area contributed by atoms with Gasteiger partial charge >= 0.3 is 5.97 Å². The number of carbonyl (C=O) groups is 1. The standard InChI is InChI=1S/C10H19NO3/c1-7-4-11(5-8(2)14-3)6-9(7)10(12)13/h7-9H,4-6H2,1-3H3,(H,12,13)/t7-,8?,9-/m1/s1. The molecule has 1 unspecified atom stereocenters. The molecule has 4 heteroatoms. The van der Waals surface area contributed by atoms with E-state index in [1.54, 1.807) is 7.11 Å². The highest BCUT2D eigenvalue weighted by atomic mass is 16.5. The van der Waals surface area contributed by atoms with Crippen molar-refractivity contribution in [1.29, 1.82) is 0 Å². The first-order valence-corrected chi connectivity index (χ1v) is 5.02. The van der Waals surface area contributed by atoms with Crippen molar-refractivity contribution in [3.8, 4) is 0 Å². The average Bonchev–Trinajstić information content (AvgIpc) is 2.46. The van der Waals surface area contributed by atoms with Gasteiger partial charge in [0.15, 0.2) is 0 Å². The van der Waals surface area contributed by atoms with Crippen LogP contribution in [0, 0.1) is 11.8 Å². The van der Waals surface area contributed by atoms with Crippen LogP contribution in [0.4, 0.5) is 0 Å². The largest absolute Gasteiger partial charge is 0.481 e. The molecule has 1 rings (SSSR count). The monoisotopic (exact) mass is 201 g/mol. The third-order valence-electron chi connectivity index (χ3n) is 2.92. The summed E-state index contributed by atoms with van der Waals surface area (Å²) in [5.74, 6) is -0.638. The van der Waals surface area contributed by atoms with Crippen LogP contribution in [-0.2, 0) is 9.53 Å². The molecule has 0 aromatic rings. The van der Waals surface area contributed by atoms with Crippen LogP contribution in [0.5, 0.6) is 0 Å². The van der Waals surface area contributed by atoms with E-state index in [2.05, 4.69) is 4.90 Å². The number of carboxylic acids is 1. The topological polar surface area (TPSA) is 49.8 Å². The summed E-state index contributed by atoms with van der Waals surface area (Å²) >= 11 is 0. The van der Waals surface area contributed by atoms with Gasteiger partial charge in [0.05, 0.1) is 12.0 Å². The Morgan fingerprint density at radius 1 is 1.64 bits per heavy atom. The van der Waals surface area contributed by atoms with Gasteiger partial charge in [-0.25, -0.2) is 0 Å². The predicted molar refractivity (Wildman–Crippen MR) is 53.2 cm³/mol. The highest BCUT2D eigenvalue weighted by Gasteiger charge is 2.34. The molecule has 0 aromatic heterocycles. The first kappa shape index (κ1) is 11.5. The fourth-order valence-electron chi connectivity index (χ4n) is 1.98. The maximum Gasteiger partial charge on any atom is 0.308 e. The van der Waals surface area contributed by atoms with Gasteiger partial charge in [0.2, 0.25) is 0 Å². The van der Waals surface area contributed by atoms with E-state index in [1.165, 1.54) is 0 Å². The molecule has 1 saturated heterocycles. The second-order valence-electron chi connectivity index (χ2n) is 4.19. The van der Waals surface area contributed by atoms with Gasteiger partial charge in [0.1, 0.15) is 0 Å². The van der Waals surface area contributed by atoms with E-state index < -0.39 is 5.97 Å². The maximum atomic E-state index is 10.9. The van der Waals surface area contributed by atoms with E-state index in [9.17, 15) is 4.79 Å². The molecule has 1 N–H and O–H groups in total. The van der Waals surface area contributed by atoms with Gasteiger partial charge in [-0.3, -0.25) is 9.69 Å². The normalized spacial score (nSPS) is 30.5. The number of likely N-dealkylation sites (tertiary alicyclic amines) is 1. The molecule has 1 heterocycles. The lowest BCUT2D eigenvalue weighted by atomic mass is 9.99. The van der Waals surface area contributed by atoms with Gasteiger partial charge in [-0.2, -0.15) is 0 Å². The number of methoxy groups -OCH3 is 1. The second-order valence-corrected chi connectivity index (χ2v) is 4.19. The Bertz CT molecular complexity index is 208. The fraction of sp³-hybridized carbons (Fsp3) is 0.900. The summed E-state index contributed by atoms with van der Waals surface area (Å²) < 4.78 is 5.15. The SMILES string of the molecule is COC(C)CN1C[C@@H](C)[C@H](C(=O)O)C1. The first-order chi connectivity index (χ1) is 6.54. The summed E-state index contributed by atoms with van der Waals surface area (Å²) in [5.41, 5.74) is 0. The number of hydrogen-bond acceptors (Lipinski definition) is 3. The highest BCUT2D eigenvalue weighted by Crippen LogP contribution is 2.23. The third-order valence-corrected chi connectivity index (χ3v) is 2.92. The van der Waals surface area contributed by atoms with Gasteiger partial charge < -0.3 is 9.84 Å². The zero-order chi connectivity index (χ0) is 10.7. The Kier molecular flexibility index (Phi) is 3.89. The van der Waals surface area contributed by atoms with E-state index in [4.69, 9.17) is 9.84 Å². The minimum Gasteiger partial charge on any atom is -0.481 e. The van der Waals surface area contributed by atoms with Crippen molar-refractivity contribution in [3.05, 3.63) is 0 Å². The van der Waals surface area contributed by atoms with Crippen LogP contribution in [0.25, 0.3) is 0 Å². The molecule has 0 saturated carbocycles. The highest BCUT2D eigenvalue weighted by molar-refractivity contribution is 5.71. The first-order valence-electron chi connectivity index (χ1n) is 5.02. The van der Waals surface area contributed by atoms with Crippen LogP contribution in [0.1, 0.15) is 13.8 Å². The second kappa shape index (κ2) is 4.75. The summed E-state index contributed by atoms with van der Waals surface area (Å²) in [4.78, 5) is 13.0. The van der Waals surface area contributed by atoms with Gasteiger partial charge in [-0.15, -0.1) is 0 Å². The van der Waals surface area contributed by atoms with Crippen LogP contribution in [0.15, 0.2) is 0 Å². The van der Waals surface area contributed by atoms with E-state index in [0.29, 0.717) is 6.54 Å². The molecule has 14 heavy (non-hydrogen) atoms. The van der Waals surface area contributed by atoms with Crippen molar-refractivity contribution in [3.63, 3.8) is 0 Å². The Labute approximate surface area is 84.8 Å². The van der Waals surface area contributed by atoms with Gasteiger partial charge in [0, 0.05) is 26.7 Å². The molecule has 3 atom stereocenters. The molecular weight excluding hydrogens is 182 g/mol. The van der Waals surface area contributed by atoms with Gasteiger partial charge in [-0.05, 0) is 12.8 Å². The predicted octanol–water partition coefficient (Wildman–Crippen LogP) is 0.674. The van der Waals surface area contributed by atoms with Gasteiger partial charge in [-0.1, -0.05) is 6.92 Å². The molecule has 0 aliphatic carbocycles. The molecule has 1 fully saturated rings. The molecule has 82 valence electrons. The van der Waals surface area contributed by atoms with Crippen molar-refractivity contribution >= 4 is 5.97 Å². The molecule has 1 aliphatic rings. The van der Waals surface area contributed by atoms with Crippen LogP contribution in [-0.4, -0.2) is 48.8 Å². The zero-order valence-corrected chi connectivity index (χ0v) is 9.06. The summed E-state index contributed by atoms with van der Waals surface area (Å²) in [7, 11) is 1.68. The van der Waals surface area contributed by atoms with E-state index in [1.807, 2.05) is 13.8 Å². The Morgan fingerprint density at radius 2 is 2.29 bits per heavy atom. The molecule has 0 aromatic carbocycles. The average molecular weight is 201 g/mol. The number of aliphatic carboxylic acids is 1. The summed E-state index contributed by atoms with van der Waals surface area (Å²) in [6.07, 6.45) is 0.176. The summed E-state index contributed by atoms with van der Waals surface area (Å²) in [6, 6.07) is 0. The molecule has 0 spiro atoms. The van der Waals surface area contributed by atoms with Crippen molar-refractivity contribution in [2.45, 2.75) is 20.0 Å². The van der Waals surface area contributed by atoms with Gasteiger partial charge in [0.25, 0.3) is 0 Å². The van der Waals surface area contributed by atoms with E-state index in [0.717, 1.165) is 13.1 Å². The lowest BCUT2D eigenvalue weighted by Crippen LogP contribution is -2.31. The van der Waals surface area contributed by atoms with Crippen molar-refractivity contribution < 1.29 is 14.6 Å². The lowest BCUT2D eigenvalue weighted by Gasteiger charge is -2.19. The molecule has 0 amide bonds. The van der Waals surface area contributed by atoms with Crippen LogP contribution in [0.3, 0.4) is 0 Å². The Balaban J connectivity index is 2.42. The quantitative estimate of drug-likeness (QED) is 0.726. The number of hydrogen-bond donors (Lipinski definition) is 1. The van der Waals surface area contributed by atoms with Crippen LogP contribution < -0.4 is 0 Å². The number of rotatable bonds is 4. The molecular formula is C10H19NO3. The number of ether oxygens (including phenoxy) is 1. The third kappa shape index (κ3) is 2.69. The van der Waals surface area contributed by atoms with Crippen LogP contribution >= 0.6 is 0 Å². The minimum absolute atomic E-state index is 0.176. The molecule has 4 nitrogen and oxygen atoms in total. The fourth-order valence-corrected chi connectivity index (χ4v) is 1.98. The molecule has 0 bridgehead atoms. The summed E-state index contributed by atoms with van der Waals surface area (Å²) in [5, 5.41) is 8.93. The van der Waals surface area contributed by atoms with E-state index >= 15 is 0 Å². The van der Waals surface area contributed by atoms with Crippen molar-refractivity contribution in [2.24, 2.45) is 11.8 Å². The number of nitrogens with zero attached hydrogens (tertiary/aromatic N) is 1. The Hall–Kier alpha value is -0.610. The molecule has 0 radical (unpaired) electrons. The Morgan fingerprint density at radius 3 is 2.71 bits per heavy atom. The van der Waals surface area contributed by atoms with Crippen LogP contribution in [0.2, 0.25) is 0 Å². The smallest absolute Gasteiger partial charge is 0.308 e. The minimum atomic E-state index is -0.676. The summed E-state index contributed by atoms with van der Waals surface area (Å²) in [6.45, 7) is 6.34. The zero-order valence-electron chi connectivity index (χ0n) is 9.06. The van der Waals surface area contributed by atoms with Crippen molar-refractivity contribution in [2.75, 3.05) is 26.7 Å².